The Hall–Kier alpha value is -2.38. The van der Waals surface area contributed by atoms with Gasteiger partial charge >= 0.3 is 0 Å². The molecule has 1 aromatic heterocycles. The molecule has 0 radical (unpaired) electrons. The van der Waals surface area contributed by atoms with E-state index in [1.807, 2.05) is 29.0 Å². The van der Waals surface area contributed by atoms with E-state index >= 15 is 0 Å². The van der Waals surface area contributed by atoms with Gasteiger partial charge in [0.15, 0.2) is 0 Å². The molecule has 0 atom stereocenters. The van der Waals surface area contributed by atoms with Crippen molar-refractivity contribution in [2.24, 2.45) is 0 Å². The maximum Gasteiger partial charge on any atom is 0.252 e. The maximum atomic E-state index is 12.4. The molecule has 0 spiro atoms. The second-order valence-corrected chi connectivity index (χ2v) is 7.64. The van der Waals surface area contributed by atoms with E-state index in [2.05, 4.69) is 33.4 Å². The van der Waals surface area contributed by atoms with E-state index in [9.17, 15) is 9.59 Å². The van der Waals surface area contributed by atoms with Crippen molar-refractivity contribution in [2.45, 2.75) is 19.8 Å². The van der Waals surface area contributed by atoms with Crippen LogP contribution < -0.4 is 15.5 Å². The lowest BCUT2D eigenvalue weighted by molar-refractivity contribution is -0.116. The molecular formula is C21H28N4O2S. The van der Waals surface area contributed by atoms with Crippen LogP contribution in [0.4, 0.5) is 11.4 Å². The average Bonchev–Trinajstić information content (AvgIpc) is 3.27. The number of amides is 2. The fourth-order valence-corrected chi connectivity index (χ4v) is 3.96. The van der Waals surface area contributed by atoms with Gasteiger partial charge in [0.25, 0.3) is 5.91 Å². The SMILES string of the molecule is CCN1CCN(c2ccccc2NC(=O)CCCNC(=O)c2ccsc2)CC1. The molecule has 0 saturated carbocycles. The minimum absolute atomic E-state index is 0.0237. The van der Waals surface area contributed by atoms with Crippen molar-refractivity contribution in [3.63, 3.8) is 0 Å². The molecule has 2 heterocycles. The quantitative estimate of drug-likeness (QED) is 0.669. The van der Waals surface area contributed by atoms with Crippen LogP contribution >= 0.6 is 11.3 Å². The first kappa shape index (κ1) is 20.4. The van der Waals surface area contributed by atoms with E-state index in [1.165, 1.54) is 11.3 Å². The van der Waals surface area contributed by atoms with E-state index < -0.39 is 0 Å². The van der Waals surface area contributed by atoms with Gasteiger partial charge < -0.3 is 20.4 Å². The normalized spacial score (nSPS) is 14.7. The van der Waals surface area contributed by atoms with Crippen molar-refractivity contribution in [1.82, 2.24) is 10.2 Å². The number of anilines is 2. The first-order chi connectivity index (χ1) is 13.7. The minimum Gasteiger partial charge on any atom is -0.367 e. The van der Waals surface area contributed by atoms with Crippen LogP contribution in [-0.2, 0) is 4.79 Å². The van der Waals surface area contributed by atoms with E-state index in [1.54, 1.807) is 6.07 Å². The monoisotopic (exact) mass is 400 g/mol. The molecule has 0 unspecified atom stereocenters. The third kappa shape index (κ3) is 5.56. The largest absolute Gasteiger partial charge is 0.367 e. The number of thiophene rings is 1. The van der Waals surface area contributed by atoms with E-state index in [-0.39, 0.29) is 11.8 Å². The molecular weight excluding hydrogens is 372 g/mol. The van der Waals surface area contributed by atoms with Crippen LogP contribution in [0.25, 0.3) is 0 Å². The number of nitrogens with zero attached hydrogens (tertiary/aromatic N) is 2. The number of nitrogens with one attached hydrogen (secondary N) is 2. The zero-order valence-electron chi connectivity index (χ0n) is 16.3. The van der Waals surface area contributed by atoms with Crippen LogP contribution in [0.15, 0.2) is 41.1 Å². The number of piperazine rings is 1. The standard InChI is InChI=1S/C21H28N4O2S/c1-2-24-11-13-25(14-12-24)19-7-4-3-6-18(19)23-20(26)8-5-10-22-21(27)17-9-15-28-16-17/h3-4,6-7,9,15-16H,2,5,8,10-14H2,1H3,(H,22,27)(H,23,26). The number of likely N-dealkylation sites (N-methyl/N-ethyl adjacent to an activating group) is 1. The summed E-state index contributed by atoms with van der Waals surface area (Å²) in [6.45, 7) is 7.78. The Morgan fingerprint density at radius 3 is 2.61 bits per heavy atom. The smallest absolute Gasteiger partial charge is 0.252 e. The lowest BCUT2D eigenvalue weighted by atomic mass is 10.2. The molecule has 0 aliphatic carbocycles. The van der Waals surface area contributed by atoms with E-state index in [4.69, 9.17) is 0 Å². The molecule has 3 rings (SSSR count). The summed E-state index contributed by atoms with van der Waals surface area (Å²) in [5.41, 5.74) is 2.61. The summed E-state index contributed by atoms with van der Waals surface area (Å²) in [5, 5.41) is 9.59. The lowest BCUT2D eigenvalue weighted by Crippen LogP contribution is -2.46. The highest BCUT2D eigenvalue weighted by atomic mass is 32.1. The number of carbonyl (C=O) groups excluding carboxylic acids is 2. The Morgan fingerprint density at radius 1 is 1.11 bits per heavy atom. The Labute approximate surface area is 170 Å². The number of hydrogen-bond donors (Lipinski definition) is 2. The van der Waals surface area contributed by atoms with Gasteiger partial charge in [0.1, 0.15) is 0 Å². The van der Waals surface area contributed by atoms with E-state index in [0.29, 0.717) is 24.9 Å². The second-order valence-electron chi connectivity index (χ2n) is 6.86. The van der Waals surface area contributed by atoms with Crippen molar-refractivity contribution >= 4 is 34.5 Å². The highest BCUT2D eigenvalue weighted by Gasteiger charge is 2.18. The predicted octanol–water partition coefficient (Wildman–Crippen LogP) is 3.04. The number of hydrogen-bond acceptors (Lipinski definition) is 5. The molecule has 1 aromatic carbocycles. The minimum atomic E-state index is -0.0850. The Bertz CT molecular complexity index is 770. The summed E-state index contributed by atoms with van der Waals surface area (Å²) in [6.07, 6.45) is 0.987. The summed E-state index contributed by atoms with van der Waals surface area (Å²) in [7, 11) is 0. The van der Waals surface area contributed by atoms with Crippen LogP contribution in [0.1, 0.15) is 30.1 Å². The molecule has 150 valence electrons. The molecule has 1 aliphatic heterocycles. The fraction of sp³-hybridized carbons (Fsp3) is 0.429. The van der Waals surface area contributed by atoms with Gasteiger partial charge in [0.2, 0.25) is 5.91 Å². The third-order valence-corrected chi connectivity index (χ3v) is 5.67. The lowest BCUT2D eigenvalue weighted by Gasteiger charge is -2.36. The maximum absolute atomic E-state index is 12.4. The van der Waals surface area contributed by atoms with Gasteiger partial charge in [0, 0.05) is 50.1 Å². The second kappa shape index (κ2) is 10.2. The molecule has 7 heteroatoms. The first-order valence-corrected chi connectivity index (χ1v) is 10.8. The van der Waals surface area contributed by atoms with Gasteiger partial charge in [-0.1, -0.05) is 19.1 Å². The summed E-state index contributed by atoms with van der Waals surface area (Å²) in [5.74, 6) is -0.109. The highest BCUT2D eigenvalue weighted by Crippen LogP contribution is 2.26. The van der Waals surface area contributed by atoms with E-state index in [0.717, 1.165) is 44.1 Å². The van der Waals surface area contributed by atoms with Gasteiger partial charge in [-0.15, -0.1) is 0 Å². The number of benzene rings is 1. The molecule has 1 saturated heterocycles. The first-order valence-electron chi connectivity index (χ1n) is 9.84. The Balaban J connectivity index is 1.46. The zero-order chi connectivity index (χ0) is 19.8. The molecule has 1 fully saturated rings. The molecule has 0 bridgehead atoms. The third-order valence-electron chi connectivity index (χ3n) is 4.99. The molecule has 1 aliphatic rings. The topological polar surface area (TPSA) is 64.7 Å². The van der Waals surface area contributed by atoms with Crippen LogP contribution in [0.5, 0.6) is 0 Å². The van der Waals surface area contributed by atoms with Gasteiger partial charge in [-0.25, -0.2) is 0 Å². The van der Waals surface area contributed by atoms with Crippen LogP contribution in [-0.4, -0.2) is 56.0 Å². The number of para-hydroxylation sites is 2. The molecule has 28 heavy (non-hydrogen) atoms. The Morgan fingerprint density at radius 2 is 1.89 bits per heavy atom. The predicted molar refractivity (Wildman–Crippen MR) is 115 cm³/mol. The number of carbonyl (C=O) groups is 2. The van der Waals surface area contributed by atoms with Crippen molar-refractivity contribution < 1.29 is 9.59 Å². The van der Waals surface area contributed by atoms with Gasteiger partial charge in [-0.2, -0.15) is 11.3 Å². The van der Waals surface area contributed by atoms with Gasteiger partial charge in [0.05, 0.1) is 11.4 Å². The summed E-state index contributed by atoms with van der Waals surface area (Å²) in [4.78, 5) is 29.0. The van der Waals surface area contributed by atoms with Crippen LogP contribution in [0, 0.1) is 0 Å². The van der Waals surface area contributed by atoms with Gasteiger partial charge in [-0.05, 0) is 36.5 Å². The summed E-state index contributed by atoms with van der Waals surface area (Å²) >= 11 is 1.50. The Kier molecular flexibility index (Phi) is 7.45. The van der Waals surface area contributed by atoms with Crippen LogP contribution in [0.2, 0.25) is 0 Å². The zero-order valence-corrected chi connectivity index (χ0v) is 17.1. The fourth-order valence-electron chi connectivity index (χ4n) is 3.32. The van der Waals surface area contributed by atoms with Crippen molar-refractivity contribution in [3.8, 4) is 0 Å². The average molecular weight is 401 g/mol. The molecule has 2 amide bonds. The highest BCUT2D eigenvalue weighted by molar-refractivity contribution is 7.08. The molecule has 2 aromatic rings. The van der Waals surface area contributed by atoms with Crippen LogP contribution in [0.3, 0.4) is 0 Å². The van der Waals surface area contributed by atoms with Crippen molar-refractivity contribution in [1.29, 1.82) is 0 Å². The number of rotatable bonds is 8. The molecule has 6 nitrogen and oxygen atoms in total. The summed E-state index contributed by atoms with van der Waals surface area (Å²) < 4.78 is 0. The van der Waals surface area contributed by atoms with Crippen molar-refractivity contribution in [2.75, 3.05) is 49.5 Å². The molecule has 2 N–H and O–H groups in total. The van der Waals surface area contributed by atoms with Gasteiger partial charge in [-0.3, -0.25) is 9.59 Å². The van der Waals surface area contributed by atoms with Crippen molar-refractivity contribution in [3.05, 3.63) is 46.7 Å². The summed E-state index contributed by atoms with van der Waals surface area (Å²) in [6, 6.07) is 9.78.